The third-order valence-electron chi connectivity index (χ3n) is 5.92. The summed E-state index contributed by atoms with van der Waals surface area (Å²) in [5.74, 6) is -0.0199. The van der Waals surface area contributed by atoms with Crippen LogP contribution in [0.4, 0.5) is 11.4 Å². The number of amides is 2. The molecule has 0 spiro atoms. The summed E-state index contributed by atoms with van der Waals surface area (Å²) in [6.07, 6.45) is 0.720. The third-order valence-corrected chi connectivity index (χ3v) is 6.62. The van der Waals surface area contributed by atoms with Crippen molar-refractivity contribution in [2.45, 2.75) is 13.3 Å². The Labute approximate surface area is 242 Å². The van der Waals surface area contributed by atoms with Gasteiger partial charge in [0.25, 0.3) is 11.8 Å². The number of nitrogens with zero attached hydrogens (tertiary/aromatic N) is 1. The fraction of sp³-hybridized carbons (Fsp3) is 0.129. The minimum atomic E-state index is -0.392. The van der Waals surface area contributed by atoms with E-state index >= 15 is 0 Å². The zero-order chi connectivity index (χ0) is 27.6. The second kappa shape index (κ2) is 13.7. The van der Waals surface area contributed by atoms with E-state index in [1.54, 1.807) is 41.3 Å². The van der Waals surface area contributed by atoms with E-state index in [2.05, 4.69) is 26.6 Å². The molecule has 0 atom stereocenters. The maximum atomic E-state index is 13.0. The molecular weight excluding hydrogens is 574 g/mol. The summed E-state index contributed by atoms with van der Waals surface area (Å²) in [6, 6.07) is 31.8. The van der Waals surface area contributed by atoms with Crippen molar-refractivity contribution in [3.8, 4) is 5.75 Å². The lowest BCUT2D eigenvalue weighted by Gasteiger charge is -2.21. The van der Waals surface area contributed by atoms with E-state index in [9.17, 15) is 9.59 Å². The van der Waals surface area contributed by atoms with E-state index in [0.717, 1.165) is 22.1 Å². The number of para-hydroxylation sites is 1. The van der Waals surface area contributed by atoms with Crippen molar-refractivity contribution in [2.24, 2.45) is 0 Å². The van der Waals surface area contributed by atoms with Gasteiger partial charge in [0.05, 0.1) is 12.2 Å². The summed E-state index contributed by atoms with van der Waals surface area (Å²) in [5.41, 5.74) is 3.55. The molecule has 4 aromatic rings. The predicted molar refractivity (Wildman–Crippen MR) is 164 cm³/mol. The van der Waals surface area contributed by atoms with Crippen molar-refractivity contribution >= 4 is 56.4 Å². The smallest absolute Gasteiger partial charge is 0.261 e. The number of nitrogens with one attached hydrogen (secondary N) is 2. The largest absolute Gasteiger partial charge is 0.492 e. The molecule has 198 valence electrons. The van der Waals surface area contributed by atoms with Crippen LogP contribution < -0.4 is 20.3 Å². The lowest BCUT2D eigenvalue weighted by atomic mass is 10.1. The Hall–Kier alpha value is -4.01. The van der Waals surface area contributed by atoms with Gasteiger partial charge in [0, 0.05) is 34.4 Å². The number of hydrogen-bond donors (Lipinski definition) is 2. The molecule has 2 amide bonds. The van der Waals surface area contributed by atoms with Crippen LogP contribution in [-0.4, -0.2) is 30.1 Å². The summed E-state index contributed by atoms with van der Waals surface area (Å²) in [7, 11) is 0. The van der Waals surface area contributed by atoms with Crippen LogP contribution in [0.15, 0.2) is 108 Å². The number of halogens is 1. The van der Waals surface area contributed by atoms with Gasteiger partial charge < -0.3 is 15.0 Å². The van der Waals surface area contributed by atoms with Crippen molar-refractivity contribution in [3.63, 3.8) is 0 Å². The fourth-order valence-corrected chi connectivity index (χ4v) is 4.54. The maximum Gasteiger partial charge on any atom is 0.261 e. The fourth-order valence-electron chi connectivity index (χ4n) is 3.97. The van der Waals surface area contributed by atoms with E-state index in [0.29, 0.717) is 35.7 Å². The van der Waals surface area contributed by atoms with Gasteiger partial charge in [-0.15, -0.1) is 0 Å². The van der Waals surface area contributed by atoms with Crippen molar-refractivity contribution in [1.82, 2.24) is 5.32 Å². The first-order valence-corrected chi connectivity index (χ1v) is 13.7. The Morgan fingerprint density at radius 2 is 1.56 bits per heavy atom. The van der Waals surface area contributed by atoms with E-state index in [1.807, 2.05) is 73.7 Å². The molecule has 39 heavy (non-hydrogen) atoms. The third kappa shape index (κ3) is 7.75. The topological polar surface area (TPSA) is 70.7 Å². The first-order valence-electron chi connectivity index (χ1n) is 12.5. The zero-order valence-electron chi connectivity index (χ0n) is 21.4. The van der Waals surface area contributed by atoms with Gasteiger partial charge in [-0.05, 0) is 79.3 Å². The van der Waals surface area contributed by atoms with E-state index < -0.39 is 5.91 Å². The molecule has 6 nitrogen and oxygen atoms in total. The highest BCUT2D eigenvalue weighted by atomic mass is 79.9. The summed E-state index contributed by atoms with van der Waals surface area (Å²) in [4.78, 5) is 27.8. The molecule has 0 heterocycles. The standard InChI is InChI=1S/C31H28BrN3O3S/c1-2-35(26-11-7-4-8-12-26)30(37)23-13-16-25(17-14-23)33-31(39)34-29(36)27-21-24(32)15-18-28(27)38-20-19-22-9-5-3-6-10-22/h3-18,21H,2,19-20H2,1H3,(H2,33,34,36,39). The minimum Gasteiger partial charge on any atom is -0.492 e. The van der Waals surface area contributed by atoms with Crippen LogP contribution in [0.5, 0.6) is 5.75 Å². The SMILES string of the molecule is CCN(C(=O)c1ccc(NC(=S)NC(=O)c2cc(Br)ccc2OCCc2ccccc2)cc1)c1ccccc1. The number of rotatable bonds is 9. The van der Waals surface area contributed by atoms with Gasteiger partial charge >= 0.3 is 0 Å². The Balaban J connectivity index is 1.36. The lowest BCUT2D eigenvalue weighted by Crippen LogP contribution is -2.34. The average Bonchev–Trinajstić information content (AvgIpc) is 2.95. The van der Waals surface area contributed by atoms with Crippen LogP contribution in [0.1, 0.15) is 33.2 Å². The summed E-state index contributed by atoms with van der Waals surface area (Å²) < 4.78 is 6.68. The summed E-state index contributed by atoms with van der Waals surface area (Å²) in [6.45, 7) is 2.92. The minimum absolute atomic E-state index is 0.0967. The van der Waals surface area contributed by atoms with Gasteiger partial charge in [-0.25, -0.2) is 0 Å². The van der Waals surface area contributed by atoms with Crippen LogP contribution in [-0.2, 0) is 6.42 Å². The van der Waals surface area contributed by atoms with E-state index in [4.69, 9.17) is 17.0 Å². The summed E-state index contributed by atoms with van der Waals surface area (Å²) >= 11 is 8.80. The first-order chi connectivity index (χ1) is 18.9. The van der Waals surface area contributed by atoms with Crippen molar-refractivity contribution in [1.29, 1.82) is 0 Å². The van der Waals surface area contributed by atoms with E-state index in [1.165, 1.54) is 0 Å². The number of carbonyl (C=O) groups is 2. The number of thiocarbonyl (C=S) groups is 1. The van der Waals surface area contributed by atoms with Gasteiger partial charge in [0.1, 0.15) is 5.75 Å². The quantitative estimate of drug-likeness (QED) is 0.205. The molecule has 0 aliphatic heterocycles. The lowest BCUT2D eigenvalue weighted by molar-refractivity contribution is 0.0970. The molecule has 2 N–H and O–H groups in total. The molecular formula is C31H28BrN3O3S. The molecule has 0 saturated heterocycles. The van der Waals surface area contributed by atoms with Gasteiger partial charge in [0.15, 0.2) is 5.11 Å². The number of carbonyl (C=O) groups excluding carboxylic acids is 2. The van der Waals surface area contributed by atoms with Crippen LogP contribution in [0.2, 0.25) is 0 Å². The highest BCUT2D eigenvalue weighted by Crippen LogP contribution is 2.24. The number of anilines is 2. The molecule has 4 aromatic carbocycles. The monoisotopic (exact) mass is 601 g/mol. The predicted octanol–water partition coefficient (Wildman–Crippen LogP) is 6.86. The van der Waals surface area contributed by atoms with Crippen LogP contribution in [0.25, 0.3) is 0 Å². The second-order valence-electron chi connectivity index (χ2n) is 8.60. The number of benzene rings is 4. The van der Waals surface area contributed by atoms with Gasteiger partial charge in [-0.3, -0.25) is 14.9 Å². The average molecular weight is 603 g/mol. The van der Waals surface area contributed by atoms with Crippen LogP contribution >= 0.6 is 28.1 Å². The van der Waals surface area contributed by atoms with Crippen LogP contribution in [0, 0.1) is 0 Å². The molecule has 8 heteroatoms. The number of ether oxygens (including phenoxy) is 1. The molecule has 0 fully saturated rings. The van der Waals surface area contributed by atoms with Gasteiger partial charge in [0.2, 0.25) is 0 Å². The Bertz CT molecular complexity index is 1430. The second-order valence-corrected chi connectivity index (χ2v) is 9.92. The van der Waals surface area contributed by atoms with Gasteiger partial charge in [-0.2, -0.15) is 0 Å². The highest BCUT2D eigenvalue weighted by molar-refractivity contribution is 9.10. The highest BCUT2D eigenvalue weighted by Gasteiger charge is 2.17. The summed E-state index contributed by atoms with van der Waals surface area (Å²) in [5, 5.41) is 5.85. The molecule has 0 aromatic heterocycles. The Morgan fingerprint density at radius 1 is 0.897 bits per heavy atom. The van der Waals surface area contributed by atoms with Crippen molar-refractivity contribution in [2.75, 3.05) is 23.4 Å². The molecule has 0 unspecified atom stereocenters. The van der Waals surface area contributed by atoms with Crippen molar-refractivity contribution in [3.05, 3.63) is 124 Å². The molecule has 4 rings (SSSR count). The molecule has 0 aliphatic rings. The first kappa shape index (κ1) is 28.0. The van der Waals surface area contributed by atoms with E-state index in [-0.39, 0.29) is 11.0 Å². The Morgan fingerprint density at radius 3 is 2.23 bits per heavy atom. The Kier molecular flexibility index (Phi) is 9.83. The van der Waals surface area contributed by atoms with Crippen LogP contribution in [0.3, 0.4) is 0 Å². The molecule has 0 radical (unpaired) electrons. The molecule has 0 bridgehead atoms. The number of hydrogen-bond acceptors (Lipinski definition) is 4. The normalized spacial score (nSPS) is 10.4. The van der Waals surface area contributed by atoms with Crippen molar-refractivity contribution < 1.29 is 14.3 Å². The zero-order valence-corrected chi connectivity index (χ0v) is 23.8. The van der Waals surface area contributed by atoms with Gasteiger partial charge in [-0.1, -0.05) is 64.5 Å². The maximum absolute atomic E-state index is 13.0. The molecule has 0 saturated carbocycles. The molecule has 0 aliphatic carbocycles.